The third kappa shape index (κ3) is 5.25. The molecule has 160 valence electrons. The van der Waals surface area contributed by atoms with Crippen LogP contribution in [0.3, 0.4) is 0 Å². The van der Waals surface area contributed by atoms with Crippen molar-refractivity contribution in [3.8, 4) is 0 Å². The number of hydrogen-bond donors (Lipinski definition) is 4. The monoisotopic (exact) mass is 450 g/mol. The Balaban J connectivity index is 0.000000589. The summed E-state index contributed by atoms with van der Waals surface area (Å²) in [7, 11) is 0. The van der Waals surface area contributed by atoms with Crippen LogP contribution in [-0.2, 0) is 16.8 Å². The number of fused-ring (bicyclic) bond motifs is 1. The Morgan fingerprint density at radius 1 is 1.07 bits per heavy atom. The molecule has 4 rings (SSSR count). The van der Waals surface area contributed by atoms with Crippen molar-refractivity contribution in [3.05, 3.63) is 63.6 Å². The summed E-state index contributed by atoms with van der Waals surface area (Å²) in [6.07, 6.45) is 4.63. The third-order valence-electron chi connectivity index (χ3n) is 5.49. The second kappa shape index (κ2) is 9.69. The molecule has 1 aliphatic heterocycles. The molecule has 0 bridgehead atoms. The van der Waals surface area contributed by atoms with Gasteiger partial charge in [-0.3, -0.25) is 10.1 Å². The predicted molar refractivity (Wildman–Crippen MR) is 118 cm³/mol. The summed E-state index contributed by atoms with van der Waals surface area (Å²) in [5.41, 5.74) is 2.02. The zero-order valence-electron chi connectivity index (χ0n) is 16.3. The summed E-state index contributed by atoms with van der Waals surface area (Å²) in [6, 6.07) is 13.7. The normalized spacial score (nSPS) is 20.7. The first-order chi connectivity index (χ1) is 14.3. The molecule has 0 saturated heterocycles. The van der Waals surface area contributed by atoms with Crippen LogP contribution in [0.4, 0.5) is 10.5 Å². The van der Waals surface area contributed by atoms with Crippen LogP contribution in [0.25, 0.3) is 0 Å². The lowest BCUT2D eigenvalue weighted by atomic mass is 9.82. The second-order valence-electron chi connectivity index (χ2n) is 7.62. The predicted octanol–water partition coefficient (Wildman–Crippen LogP) is 5.53. The second-order valence-corrected chi connectivity index (χ2v) is 8.49. The van der Waals surface area contributed by atoms with Gasteiger partial charge in [-0.2, -0.15) is 0 Å². The van der Waals surface area contributed by atoms with Crippen LogP contribution < -0.4 is 10.6 Å². The number of carbonyl (C=O) groups is 2. The molecule has 2 aliphatic rings. The van der Waals surface area contributed by atoms with E-state index in [-0.39, 0.29) is 5.91 Å². The van der Waals surface area contributed by atoms with Crippen molar-refractivity contribution >= 4 is 41.0 Å². The van der Waals surface area contributed by atoms with Gasteiger partial charge in [-0.15, -0.1) is 0 Å². The zero-order valence-corrected chi connectivity index (χ0v) is 17.8. The van der Waals surface area contributed by atoms with Crippen molar-refractivity contribution in [3.63, 3.8) is 0 Å². The molecule has 1 aliphatic carbocycles. The quantitative estimate of drug-likeness (QED) is 0.490. The molecule has 2 aromatic rings. The lowest BCUT2D eigenvalue weighted by molar-refractivity contribution is -0.122. The zero-order chi connectivity index (χ0) is 21.7. The van der Waals surface area contributed by atoms with E-state index in [0.29, 0.717) is 22.5 Å². The number of halogens is 2. The molecule has 6 nitrogen and oxygen atoms in total. The highest BCUT2D eigenvalue weighted by molar-refractivity contribution is 6.31. The molecular formula is C22H24Cl2N2O4. The van der Waals surface area contributed by atoms with E-state index in [2.05, 4.69) is 10.6 Å². The van der Waals surface area contributed by atoms with Gasteiger partial charge in [0.15, 0.2) is 0 Å². The summed E-state index contributed by atoms with van der Waals surface area (Å²) >= 11 is 12.3. The Morgan fingerprint density at radius 2 is 1.73 bits per heavy atom. The minimum atomic E-state index is -1.83. The molecule has 30 heavy (non-hydrogen) atoms. The fourth-order valence-corrected chi connectivity index (χ4v) is 4.65. The number of carbonyl (C=O) groups excluding carboxylic acids is 1. The largest absolute Gasteiger partial charge is 0.503 e. The van der Waals surface area contributed by atoms with Crippen LogP contribution in [0.2, 0.25) is 10.0 Å². The van der Waals surface area contributed by atoms with Crippen molar-refractivity contribution in [2.75, 3.05) is 5.32 Å². The van der Waals surface area contributed by atoms with Crippen molar-refractivity contribution < 1.29 is 19.8 Å². The van der Waals surface area contributed by atoms with Gasteiger partial charge in [0.1, 0.15) is 5.54 Å². The molecule has 2 aromatic carbocycles. The molecule has 1 heterocycles. The van der Waals surface area contributed by atoms with E-state index in [1.807, 2.05) is 42.5 Å². The smallest absolute Gasteiger partial charge is 0.450 e. The molecule has 0 spiro atoms. The van der Waals surface area contributed by atoms with Gasteiger partial charge in [-0.1, -0.05) is 60.7 Å². The van der Waals surface area contributed by atoms with Crippen LogP contribution in [-0.4, -0.2) is 28.3 Å². The summed E-state index contributed by atoms with van der Waals surface area (Å²) in [5.74, 6) is -0.0136. The number of rotatable bonds is 4. The Kier molecular flexibility index (Phi) is 7.23. The first-order valence-electron chi connectivity index (χ1n) is 9.86. The molecule has 1 atom stereocenters. The molecule has 1 amide bonds. The van der Waals surface area contributed by atoms with E-state index in [9.17, 15) is 4.79 Å². The fourth-order valence-electron chi connectivity index (χ4n) is 4.26. The molecule has 4 N–H and O–H groups in total. The molecule has 1 unspecified atom stereocenters. The summed E-state index contributed by atoms with van der Waals surface area (Å²) in [6.45, 7) is 0. The number of amides is 1. The molecule has 0 aromatic heterocycles. The maximum absolute atomic E-state index is 13.2. The number of hydrogen-bond acceptors (Lipinski definition) is 3. The van der Waals surface area contributed by atoms with Gasteiger partial charge in [-0.25, -0.2) is 4.79 Å². The number of carboxylic acid groups (broad SMARTS) is 2. The molecule has 1 saturated carbocycles. The third-order valence-corrected chi connectivity index (χ3v) is 5.96. The van der Waals surface area contributed by atoms with E-state index in [4.69, 9.17) is 38.2 Å². The van der Waals surface area contributed by atoms with Gasteiger partial charge < -0.3 is 15.5 Å². The van der Waals surface area contributed by atoms with Gasteiger partial charge in [0, 0.05) is 33.8 Å². The topological polar surface area (TPSA) is 98.7 Å². The number of benzene rings is 2. The average Bonchev–Trinajstić information content (AvgIpc) is 2.92. The van der Waals surface area contributed by atoms with Crippen molar-refractivity contribution in [2.24, 2.45) is 0 Å². The highest BCUT2D eigenvalue weighted by Crippen LogP contribution is 2.41. The van der Waals surface area contributed by atoms with E-state index < -0.39 is 11.7 Å². The highest BCUT2D eigenvalue weighted by atomic mass is 35.5. The van der Waals surface area contributed by atoms with Crippen LogP contribution in [0.1, 0.15) is 43.2 Å². The van der Waals surface area contributed by atoms with Gasteiger partial charge in [0.25, 0.3) is 0 Å². The fraction of sp³-hybridized carbons (Fsp3) is 0.364. The average molecular weight is 451 g/mol. The van der Waals surface area contributed by atoms with Gasteiger partial charge >= 0.3 is 6.16 Å². The Bertz CT molecular complexity index is 927. The molecular weight excluding hydrogens is 427 g/mol. The standard InChI is InChI=1S/C21H22Cl2N2O.CH2O3/c22-15-6-4-5-14(11-15)13-21(25-17-7-2-1-3-8-17)18-10-9-16(23)12-19(18)24-20(21)26;2-1(3)4/h4-6,9-12,17,25H,1-3,7-8,13H2,(H,24,26);(H2,2,3,4). The molecule has 8 heteroatoms. The minimum Gasteiger partial charge on any atom is -0.450 e. The highest BCUT2D eigenvalue weighted by Gasteiger charge is 2.48. The van der Waals surface area contributed by atoms with Gasteiger partial charge in [-0.05, 0) is 42.7 Å². The lowest BCUT2D eigenvalue weighted by Crippen LogP contribution is -2.54. The van der Waals surface area contributed by atoms with Crippen molar-refractivity contribution in [1.29, 1.82) is 0 Å². The Hall–Kier alpha value is -2.28. The number of anilines is 1. The van der Waals surface area contributed by atoms with E-state index in [1.165, 1.54) is 19.3 Å². The molecule has 0 radical (unpaired) electrons. The summed E-state index contributed by atoms with van der Waals surface area (Å²) in [5, 5.41) is 22.0. The summed E-state index contributed by atoms with van der Waals surface area (Å²) in [4.78, 5) is 21.7. The van der Waals surface area contributed by atoms with Crippen LogP contribution in [0.5, 0.6) is 0 Å². The van der Waals surface area contributed by atoms with E-state index in [1.54, 1.807) is 0 Å². The SMILES string of the molecule is O=C(O)O.O=C1Nc2cc(Cl)ccc2C1(Cc1cccc(Cl)c1)NC1CCCCC1. The van der Waals surface area contributed by atoms with Crippen LogP contribution >= 0.6 is 23.2 Å². The van der Waals surface area contributed by atoms with Crippen LogP contribution in [0.15, 0.2) is 42.5 Å². The Morgan fingerprint density at radius 3 is 2.40 bits per heavy atom. The van der Waals surface area contributed by atoms with E-state index in [0.717, 1.165) is 29.7 Å². The lowest BCUT2D eigenvalue weighted by Gasteiger charge is -2.35. The van der Waals surface area contributed by atoms with E-state index >= 15 is 0 Å². The first-order valence-corrected chi connectivity index (χ1v) is 10.6. The van der Waals surface area contributed by atoms with Gasteiger partial charge in [0.2, 0.25) is 5.91 Å². The van der Waals surface area contributed by atoms with Crippen molar-refractivity contribution in [1.82, 2.24) is 5.32 Å². The summed E-state index contributed by atoms with van der Waals surface area (Å²) < 4.78 is 0. The molecule has 1 fully saturated rings. The van der Waals surface area contributed by atoms with Gasteiger partial charge in [0.05, 0.1) is 0 Å². The Labute approximate surface area is 185 Å². The number of nitrogens with one attached hydrogen (secondary N) is 2. The maximum Gasteiger partial charge on any atom is 0.503 e. The first kappa shape index (κ1) is 22.4. The van der Waals surface area contributed by atoms with Crippen LogP contribution in [0, 0.1) is 0 Å². The minimum absolute atomic E-state index is 0.0136. The maximum atomic E-state index is 13.2. The van der Waals surface area contributed by atoms with Crippen molar-refractivity contribution in [2.45, 2.75) is 50.1 Å².